The molecule has 0 amide bonds. The van der Waals surface area contributed by atoms with Crippen LogP contribution in [0.2, 0.25) is 0 Å². The van der Waals surface area contributed by atoms with Crippen molar-refractivity contribution in [3.05, 3.63) is 0 Å². The predicted molar refractivity (Wildman–Crippen MR) is 62.3 cm³/mol. The van der Waals surface area contributed by atoms with Crippen molar-refractivity contribution < 1.29 is 22.1 Å². The lowest BCUT2D eigenvalue weighted by atomic mass is 9.41. The van der Waals surface area contributed by atoms with Crippen molar-refractivity contribution in [1.29, 1.82) is 0 Å². The molecule has 0 aromatic heterocycles. The third kappa shape index (κ3) is 0.820. The van der Waals surface area contributed by atoms with E-state index in [1.54, 1.807) is 0 Å². The maximum atomic E-state index is 11.5. The Morgan fingerprint density at radius 1 is 0.947 bits per heavy atom. The lowest BCUT2D eigenvalue weighted by molar-refractivity contribution is -0.228. The third-order valence-corrected chi connectivity index (χ3v) is 7.61. The zero-order valence-electron chi connectivity index (χ0n) is 10.6. The van der Waals surface area contributed by atoms with Crippen molar-refractivity contribution in [3.8, 4) is 0 Å². The van der Waals surface area contributed by atoms with Crippen LogP contribution in [0.25, 0.3) is 0 Å². The monoisotopic (exact) mass is 284 g/mol. The zero-order chi connectivity index (χ0) is 12.7. The molecular weight excluding hydrogens is 268 g/mol. The van der Waals surface area contributed by atoms with Crippen LogP contribution in [0.3, 0.4) is 0 Å². The molecule has 19 heavy (non-hydrogen) atoms. The second kappa shape index (κ2) is 2.63. The van der Waals surface area contributed by atoms with E-state index in [0.29, 0.717) is 54.6 Å². The van der Waals surface area contributed by atoms with Gasteiger partial charge in [-0.25, -0.2) is 0 Å². The molecule has 0 radical (unpaired) electrons. The third-order valence-electron chi connectivity index (χ3n) is 7.04. The fourth-order valence-electron chi connectivity index (χ4n) is 7.27. The van der Waals surface area contributed by atoms with Crippen molar-refractivity contribution in [2.24, 2.45) is 47.3 Å². The molecule has 9 atom stereocenters. The first-order valence-electron chi connectivity index (χ1n) is 7.21. The van der Waals surface area contributed by atoms with Crippen molar-refractivity contribution in [2.45, 2.75) is 11.9 Å². The summed E-state index contributed by atoms with van der Waals surface area (Å²) in [4.78, 5) is 0. The second-order valence-corrected chi connectivity index (χ2v) is 8.80. The standard InChI is InChI=1S/C13H16O5S/c1-19(14,15)18-12-8-4-5-7(8)11-9(12)6(4)10(5)13(11)16-2-3-17-13/h4-12H,2-3H2,1H3/t4-,5-,6-,7+,8+,9+,10-,11-,12-/m1/s1. The lowest BCUT2D eigenvalue weighted by Gasteiger charge is -2.62. The number of ether oxygens (including phenoxy) is 2. The van der Waals surface area contributed by atoms with Crippen LogP contribution in [0.1, 0.15) is 0 Å². The summed E-state index contributed by atoms with van der Waals surface area (Å²) in [5.74, 6) is 4.06. The van der Waals surface area contributed by atoms with Crippen LogP contribution in [-0.2, 0) is 23.8 Å². The van der Waals surface area contributed by atoms with Crippen LogP contribution in [-0.4, -0.2) is 39.8 Å². The fraction of sp³-hybridized carbons (Fsp3) is 1.00. The van der Waals surface area contributed by atoms with E-state index in [2.05, 4.69) is 0 Å². The molecule has 1 aliphatic heterocycles. The average Bonchev–Trinajstić information content (AvgIpc) is 2.95. The molecule has 5 nitrogen and oxygen atoms in total. The Kier molecular flexibility index (Phi) is 1.46. The summed E-state index contributed by atoms with van der Waals surface area (Å²) >= 11 is 0. The molecule has 4 bridgehead atoms. The molecule has 0 aromatic rings. The largest absolute Gasteiger partial charge is 0.347 e. The predicted octanol–water partition coefficient (Wildman–Crippen LogP) is 0.0719. The Balaban J connectivity index is 1.46. The normalized spacial score (nSPS) is 64.8. The molecule has 6 saturated carbocycles. The minimum atomic E-state index is -3.36. The zero-order valence-corrected chi connectivity index (χ0v) is 11.4. The van der Waals surface area contributed by atoms with E-state index in [1.807, 2.05) is 0 Å². The van der Waals surface area contributed by atoms with Gasteiger partial charge in [-0.1, -0.05) is 0 Å². The van der Waals surface area contributed by atoms with Gasteiger partial charge in [0.25, 0.3) is 10.1 Å². The number of hydrogen-bond acceptors (Lipinski definition) is 5. The van der Waals surface area contributed by atoms with Crippen molar-refractivity contribution in [3.63, 3.8) is 0 Å². The fourth-order valence-corrected chi connectivity index (χ4v) is 7.93. The second-order valence-electron chi connectivity index (χ2n) is 7.20. The summed E-state index contributed by atoms with van der Waals surface area (Å²) in [7, 11) is -3.36. The highest BCUT2D eigenvalue weighted by molar-refractivity contribution is 7.86. The van der Waals surface area contributed by atoms with E-state index in [0.717, 1.165) is 5.92 Å². The molecule has 6 aliphatic carbocycles. The van der Waals surface area contributed by atoms with Crippen LogP contribution < -0.4 is 0 Å². The summed E-state index contributed by atoms with van der Waals surface area (Å²) in [5, 5.41) is 0. The molecule has 1 heterocycles. The first-order chi connectivity index (χ1) is 9.05. The Labute approximate surface area is 111 Å². The summed E-state index contributed by atoms with van der Waals surface area (Å²) in [5.41, 5.74) is 0. The molecule has 1 saturated heterocycles. The Bertz CT molecular complexity index is 594. The average molecular weight is 284 g/mol. The Hall–Kier alpha value is -0.170. The van der Waals surface area contributed by atoms with Gasteiger partial charge in [0.2, 0.25) is 0 Å². The maximum Gasteiger partial charge on any atom is 0.264 e. The summed E-state index contributed by atoms with van der Waals surface area (Å²) in [6.07, 6.45) is 1.08. The van der Waals surface area contributed by atoms with Crippen LogP contribution in [0.4, 0.5) is 0 Å². The van der Waals surface area contributed by atoms with Crippen LogP contribution in [0.15, 0.2) is 0 Å². The molecule has 6 heteroatoms. The molecular formula is C13H16O5S. The van der Waals surface area contributed by atoms with Gasteiger partial charge in [0, 0.05) is 11.8 Å². The highest BCUT2D eigenvalue weighted by Gasteiger charge is 2.95. The van der Waals surface area contributed by atoms with Gasteiger partial charge in [0.1, 0.15) is 0 Å². The summed E-state index contributed by atoms with van der Waals surface area (Å²) in [6.45, 7) is 1.39. The summed E-state index contributed by atoms with van der Waals surface area (Å²) < 4.78 is 40.5. The van der Waals surface area contributed by atoms with Crippen LogP contribution >= 0.6 is 0 Å². The lowest BCUT2D eigenvalue weighted by Crippen LogP contribution is -2.61. The van der Waals surface area contributed by atoms with Gasteiger partial charge < -0.3 is 9.47 Å². The van der Waals surface area contributed by atoms with E-state index < -0.39 is 10.1 Å². The molecule has 0 N–H and O–H groups in total. The van der Waals surface area contributed by atoms with Crippen molar-refractivity contribution in [2.75, 3.05) is 19.5 Å². The van der Waals surface area contributed by atoms with Crippen LogP contribution in [0.5, 0.6) is 0 Å². The first-order valence-corrected chi connectivity index (χ1v) is 9.02. The molecule has 0 aromatic carbocycles. The van der Waals surface area contributed by atoms with Gasteiger partial charge in [-0.15, -0.1) is 0 Å². The Morgan fingerprint density at radius 3 is 2.16 bits per heavy atom. The van der Waals surface area contributed by atoms with E-state index in [1.165, 1.54) is 6.26 Å². The highest BCUT2D eigenvalue weighted by atomic mass is 32.2. The topological polar surface area (TPSA) is 61.8 Å². The molecule has 7 aliphatic rings. The molecule has 104 valence electrons. The molecule has 7 rings (SSSR count). The number of hydrogen-bond donors (Lipinski definition) is 0. The van der Waals surface area contributed by atoms with E-state index in [-0.39, 0.29) is 11.9 Å². The maximum absolute atomic E-state index is 11.5. The Morgan fingerprint density at radius 2 is 1.53 bits per heavy atom. The summed E-state index contributed by atoms with van der Waals surface area (Å²) in [6, 6.07) is 0. The van der Waals surface area contributed by atoms with E-state index >= 15 is 0 Å². The van der Waals surface area contributed by atoms with Gasteiger partial charge in [-0.2, -0.15) is 8.42 Å². The van der Waals surface area contributed by atoms with Gasteiger partial charge in [0.15, 0.2) is 5.79 Å². The smallest absolute Gasteiger partial charge is 0.264 e. The van der Waals surface area contributed by atoms with Crippen molar-refractivity contribution in [1.82, 2.24) is 0 Å². The van der Waals surface area contributed by atoms with E-state index in [4.69, 9.17) is 13.7 Å². The number of rotatable bonds is 2. The van der Waals surface area contributed by atoms with Gasteiger partial charge in [0.05, 0.1) is 25.6 Å². The van der Waals surface area contributed by atoms with Gasteiger partial charge in [-0.05, 0) is 35.5 Å². The minimum Gasteiger partial charge on any atom is -0.347 e. The first kappa shape index (κ1) is 10.5. The van der Waals surface area contributed by atoms with Gasteiger partial charge in [-0.3, -0.25) is 4.18 Å². The van der Waals surface area contributed by atoms with Crippen LogP contribution in [0, 0.1) is 47.3 Å². The molecule has 7 fully saturated rings. The quantitative estimate of drug-likeness (QED) is 0.672. The van der Waals surface area contributed by atoms with Gasteiger partial charge >= 0.3 is 0 Å². The molecule has 1 spiro atoms. The van der Waals surface area contributed by atoms with E-state index in [9.17, 15) is 8.42 Å². The SMILES string of the molecule is CS(=O)(=O)O[C@@H]1[C@H]2[C@@H]3[C@@H]4[C@@H]2[C@@H]2[C@@H]1[C@@H]3[C@@H]4C21OCCO1. The molecule has 0 unspecified atom stereocenters. The van der Waals surface area contributed by atoms with Crippen molar-refractivity contribution >= 4 is 10.1 Å². The highest BCUT2D eigenvalue weighted by Crippen LogP contribution is 2.91. The minimum absolute atomic E-state index is 0.0894.